The van der Waals surface area contributed by atoms with E-state index < -0.39 is 0 Å². The van der Waals surface area contributed by atoms with Crippen LogP contribution in [0, 0.1) is 0 Å². The molecule has 0 aromatic carbocycles. The Labute approximate surface area is 115 Å². The fourth-order valence-electron chi connectivity index (χ4n) is 2.41. The monoisotopic (exact) mass is 277 g/mol. The Bertz CT molecular complexity index is 260. The van der Waals surface area contributed by atoms with Gasteiger partial charge in [0.25, 0.3) is 0 Å². The van der Waals surface area contributed by atoms with Gasteiger partial charge in [-0.2, -0.15) is 0 Å². The third-order valence-corrected chi connectivity index (χ3v) is 3.59. The van der Waals surface area contributed by atoms with Crippen molar-refractivity contribution in [2.24, 2.45) is 0 Å². The highest BCUT2D eigenvalue weighted by atomic mass is 35.5. The number of morpholine rings is 1. The molecule has 2 aliphatic heterocycles. The molecule has 2 rings (SSSR count). The van der Waals surface area contributed by atoms with Gasteiger partial charge in [-0.25, -0.2) is 0 Å². The second kappa shape index (κ2) is 7.94. The molecule has 0 aromatic heterocycles. The SMILES string of the molecule is CC1COCCN1CCC(=O)N1CCNCC1.Cl. The Kier molecular flexibility index (Phi) is 6.92. The third-order valence-electron chi connectivity index (χ3n) is 3.59. The molecule has 0 aromatic rings. The Morgan fingerprint density at radius 1 is 1.33 bits per heavy atom. The Balaban J connectivity index is 0.00000162. The molecule has 0 spiro atoms. The van der Waals surface area contributed by atoms with Crippen molar-refractivity contribution in [1.29, 1.82) is 0 Å². The second-order valence-electron chi connectivity index (χ2n) is 4.84. The van der Waals surface area contributed by atoms with Crippen molar-refractivity contribution >= 4 is 18.3 Å². The van der Waals surface area contributed by atoms with Crippen LogP contribution in [0.4, 0.5) is 0 Å². The van der Waals surface area contributed by atoms with Crippen molar-refractivity contribution in [3.8, 4) is 0 Å². The maximum atomic E-state index is 12.0. The van der Waals surface area contributed by atoms with Gasteiger partial charge in [-0.05, 0) is 6.92 Å². The van der Waals surface area contributed by atoms with E-state index in [9.17, 15) is 4.79 Å². The summed E-state index contributed by atoms with van der Waals surface area (Å²) in [6.07, 6.45) is 0.643. The van der Waals surface area contributed by atoms with E-state index in [0.717, 1.165) is 52.5 Å². The Morgan fingerprint density at radius 3 is 2.72 bits per heavy atom. The van der Waals surface area contributed by atoms with Crippen molar-refractivity contribution < 1.29 is 9.53 Å². The van der Waals surface area contributed by atoms with Gasteiger partial charge in [0, 0.05) is 51.7 Å². The van der Waals surface area contributed by atoms with Crippen LogP contribution in [0.3, 0.4) is 0 Å². The van der Waals surface area contributed by atoms with E-state index >= 15 is 0 Å². The average molecular weight is 278 g/mol. The lowest BCUT2D eigenvalue weighted by Gasteiger charge is -2.34. The molecule has 0 saturated carbocycles. The molecule has 6 heteroatoms. The minimum atomic E-state index is 0. The number of nitrogens with one attached hydrogen (secondary N) is 1. The van der Waals surface area contributed by atoms with E-state index in [1.807, 2.05) is 4.90 Å². The van der Waals surface area contributed by atoms with Crippen LogP contribution in [0.2, 0.25) is 0 Å². The third kappa shape index (κ3) is 4.39. The molecule has 1 unspecified atom stereocenters. The minimum absolute atomic E-state index is 0. The normalized spacial score (nSPS) is 25.6. The van der Waals surface area contributed by atoms with Gasteiger partial charge in [0.05, 0.1) is 13.2 Å². The second-order valence-corrected chi connectivity index (χ2v) is 4.84. The summed E-state index contributed by atoms with van der Waals surface area (Å²) in [6, 6.07) is 0.444. The average Bonchev–Trinajstić information content (AvgIpc) is 2.38. The fraction of sp³-hybridized carbons (Fsp3) is 0.917. The maximum absolute atomic E-state index is 12.0. The van der Waals surface area contributed by atoms with Gasteiger partial charge in [0.15, 0.2) is 0 Å². The molecule has 5 nitrogen and oxygen atoms in total. The summed E-state index contributed by atoms with van der Waals surface area (Å²) < 4.78 is 5.39. The molecule has 2 aliphatic rings. The molecule has 2 heterocycles. The number of hydrogen-bond acceptors (Lipinski definition) is 4. The van der Waals surface area contributed by atoms with Gasteiger partial charge in [-0.1, -0.05) is 0 Å². The van der Waals surface area contributed by atoms with Gasteiger partial charge in [-0.3, -0.25) is 9.69 Å². The molecule has 1 N–H and O–H groups in total. The van der Waals surface area contributed by atoms with Crippen LogP contribution in [-0.4, -0.2) is 74.2 Å². The summed E-state index contributed by atoms with van der Waals surface area (Å²) in [7, 11) is 0. The van der Waals surface area contributed by atoms with E-state index in [4.69, 9.17) is 4.74 Å². The molecule has 0 radical (unpaired) electrons. The van der Waals surface area contributed by atoms with Gasteiger partial charge in [0.1, 0.15) is 0 Å². The highest BCUT2D eigenvalue weighted by Crippen LogP contribution is 2.07. The zero-order valence-electron chi connectivity index (χ0n) is 11.1. The molecule has 2 saturated heterocycles. The topological polar surface area (TPSA) is 44.8 Å². The zero-order chi connectivity index (χ0) is 12.1. The summed E-state index contributed by atoms with van der Waals surface area (Å²) in [6.45, 7) is 9.15. The van der Waals surface area contributed by atoms with Crippen LogP contribution in [0.15, 0.2) is 0 Å². The van der Waals surface area contributed by atoms with Crippen LogP contribution < -0.4 is 5.32 Å². The summed E-state index contributed by atoms with van der Waals surface area (Å²) in [5.41, 5.74) is 0. The number of ether oxygens (including phenoxy) is 1. The van der Waals surface area contributed by atoms with E-state index in [2.05, 4.69) is 17.1 Å². The molecule has 106 valence electrons. The number of hydrogen-bond donors (Lipinski definition) is 1. The Morgan fingerprint density at radius 2 is 2.06 bits per heavy atom. The number of piperazine rings is 1. The lowest BCUT2D eigenvalue weighted by Crippen LogP contribution is -2.48. The van der Waals surface area contributed by atoms with Crippen molar-refractivity contribution in [3.05, 3.63) is 0 Å². The van der Waals surface area contributed by atoms with Crippen LogP contribution in [-0.2, 0) is 9.53 Å². The molecule has 1 amide bonds. The molecular weight excluding hydrogens is 254 g/mol. The molecule has 1 atom stereocenters. The van der Waals surface area contributed by atoms with Crippen molar-refractivity contribution in [1.82, 2.24) is 15.1 Å². The highest BCUT2D eigenvalue weighted by molar-refractivity contribution is 5.85. The van der Waals surface area contributed by atoms with E-state index in [1.165, 1.54) is 0 Å². The first-order valence-electron chi connectivity index (χ1n) is 6.57. The van der Waals surface area contributed by atoms with Crippen molar-refractivity contribution in [2.75, 3.05) is 52.5 Å². The van der Waals surface area contributed by atoms with Crippen LogP contribution in [0.1, 0.15) is 13.3 Å². The first-order chi connectivity index (χ1) is 8.27. The highest BCUT2D eigenvalue weighted by Gasteiger charge is 2.21. The Hall–Kier alpha value is -0.360. The molecular formula is C12H24ClN3O2. The molecule has 18 heavy (non-hydrogen) atoms. The summed E-state index contributed by atoms with van der Waals surface area (Å²) in [5.74, 6) is 0.296. The van der Waals surface area contributed by atoms with Gasteiger partial charge >= 0.3 is 0 Å². The maximum Gasteiger partial charge on any atom is 0.223 e. The van der Waals surface area contributed by atoms with Crippen molar-refractivity contribution in [3.63, 3.8) is 0 Å². The van der Waals surface area contributed by atoms with E-state index in [-0.39, 0.29) is 12.4 Å². The first-order valence-corrected chi connectivity index (χ1v) is 6.57. The van der Waals surface area contributed by atoms with Crippen molar-refractivity contribution in [2.45, 2.75) is 19.4 Å². The number of amides is 1. The fourth-order valence-corrected chi connectivity index (χ4v) is 2.41. The number of carbonyl (C=O) groups excluding carboxylic acids is 1. The number of nitrogens with zero attached hydrogens (tertiary/aromatic N) is 2. The zero-order valence-corrected chi connectivity index (χ0v) is 11.9. The molecule has 0 bridgehead atoms. The molecule has 0 aliphatic carbocycles. The quantitative estimate of drug-likeness (QED) is 0.786. The number of halogens is 1. The smallest absolute Gasteiger partial charge is 0.223 e. The predicted molar refractivity (Wildman–Crippen MR) is 73.2 cm³/mol. The largest absolute Gasteiger partial charge is 0.379 e. The number of rotatable bonds is 3. The summed E-state index contributed by atoms with van der Waals surface area (Å²) in [5, 5.41) is 3.26. The molecule has 2 fully saturated rings. The minimum Gasteiger partial charge on any atom is -0.379 e. The predicted octanol–water partition coefficient (Wildman–Crippen LogP) is -0.0492. The van der Waals surface area contributed by atoms with Gasteiger partial charge in [0.2, 0.25) is 5.91 Å². The lowest BCUT2D eigenvalue weighted by atomic mass is 10.2. The van der Waals surface area contributed by atoms with Gasteiger partial charge < -0.3 is 15.0 Å². The van der Waals surface area contributed by atoms with E-state index in [1.54, 1.807) is 0 Å². The van der Waals surface area contributed by atoms with Gasteiger partial charge in [-0.15, -0.1) is 12.4 Å². The van der Waals surface area contributed by atoms with Crippen LogP contribution in [0.5, 0.6) is 0 Å². The van der Waals surface area contributed by atoms with Crippen LogP contribution >= 0.6 is 12.4 Å². The first kappa shape index (κ1) is 15.7. The summed E-state index contributed by atoms with van der Waals surface area (Å²) >= 11 is 0. The van der Waals surface area contributed by atoms with E-state index in [0.29, 0.717) is 18.4 Å². The standard InChI is InChI=1S/C12H23N3O2.ClH/c1-11-10-17-9-8-14(11)5-2-12(16)15-6-3-13-4-7-15;/h11,13H,2-10H2,1H3;1H. The summed E-state index contributed by atoms with van der Waals surface area (Å²) in [4.78, 5) is 16.3. The number of carbonyl (C=O) groups is 1. The lowest BCUT2D eigenvalue weighted by molar-refractivity contribution is -0.132. The van der Waals surface area contributed by atoms with Crippen LogP contribution in [0.25, 0.3) is 0 Å².